The van der Waals surface area contributed by atoms with Crippen LogP contribution in [0.15, 0.2) is 46.2 Å². The molecule has 27 heavy (non-hydrogen) atoms. The molecule has 8 nitrogen and oxygen atoms in total. The number of hydrogen-bond donors (Lipinski definition) is 1. The van der Waals surface area contributed by atoms with Crippen molar-refractivity contribution in [1.29, 1.82) is 5.26 Å². The van der Waals surface area contributed by atoms with Crippen LogP contribution >= 0.6 is 0 Å². The molecule has 3 aromatic rings. The fraction of sp³-hybridized carbons (Fsp3) is 0.222. The van der Waals surface area contributed by atoms with Crippen molar-refractivity contribution in [2.24, 2.45) is 21.1 Å². The first-order chi connectivity index (χ1) is 12.9. The number of hydrogen-bond acceptors (Lipinski definition) is 5. The summed E-state index contributed by atoms with van der Waals surface area (Å²) in [6.07, 6.45) is 3.25. The molecule has 9 heteroatoms. The number of rotatable bonds is 4. The van der Waals surface area contributed by atoms with Crippen LogP contribution in [0.25, 0.3) is 0 Å². The molecule has 0 aliphatic heterocycles. The number of aromatic nitrogens is 4. The van der Waals surface area contributed by atoms with Crippen LogP contribution in [-0.2, 0) is 21.1 Å². The second-order valence-corrected chi connectivity index (χ2v) is 6.04. The van der Waals surface area contributed by atoms with E-state index >= 15 is 0 Å². The van der Waals surface area contributed by atoms with E-state index in [-0.39, 0.29) is 16.9 Å². The minimum absolute atomic E-state index is 0.00172. The van der Waals surface area contributed by atoms with Gasteiger partial charge >= 0.3 is 5.69 Å². The molecule has 0 saturated carbocycles. The highest BCUT2D eigenvalue weighted by molar-refractivity contribution is 5.54. The number of nitriles is 1. The summed E-state index contributed by atoms with van der Waals surface area (Å²) in [7, 11) is 4.47. The van der Waals surface area contributed by atoms with Gasteiger partial charge in [-0.05, 0) is 6.07 Å². The molecule has 0 fully saturated rings. The van der Waals surface area contributed by atoms with Crippen molar-refractivity contribution < 1.29 is 4.39 Å². The molecule has 138 valence electrons. The predicted molar refractivity (Wildman–Crippen MR) is 96.7 cm³/mol. The average Bonchev–Trinajstić information content (AvgIpc) is 3.08. The molecular formula is C18H17FN6O2. The van der Waals surface area contributed by atoms with Crippen molar-refractivity contribution in [2.45, 2.75) is 6.04 Å². The van der Waals surface area contributed by atoms with Crippen LogP contribution < -0.4 is 16.6 Å². The zero-order valence-corrected chi connectivity index (χ0v) is 15.0. The quantitative estimate of drug-likeness (QED) is 0.742. The Morgan fingerprint density at radius 1 is 1.19 bits per heavy atom. The van der Waals surface area contributed by atoms with Gasteiger partial charge in [-0.25, -0.2) is 14.2 Å². The summed E-state index contributed by atoms with van der Waals surface area (Å²) >= 11 is 0. The maximum atomic E-state index is 14.5. The molecule has 2 heterocycles. The summed E-state index contributed by atoms with van der Waals surface area (Å²) in [5.41, 5.74) is -1.30. The Bertz CT molecular complexity index is 1170. The zero-order chi connectivity index (χ0) is 19.7. The molecule has 0 bridgehead atoms. The number of nitrogens with zero attached hydrogens (tertiary/aromatic N) is 5. The lowest BCUT2D eigenvalue weighted by molar-refractivity contribution is 0.593. The van der Waals surface area contributed by atoms with Crippen LogP contribution in [0.4, 0.5) is 10.2 Å². The van der Waals surface area contributed by atoms with Crippen molar-refractivity contribution in [3.8, 4) is 6.07 Å². The number of imidazole rings is 1. The van der Waals surface area contributed by atoms with Gasteiger partial charge in [-0.15, -0.1) is 0 Å². The molecule has 0 radical (unpaired) electrons. The van der Waals surface area contributed by atoms with Gasteiger partial charge in [0.2, 0.25) is 0 Å². The smallest absolute Gasteiger partial charge is 0.332 e. The highest BCUT2D eigenvalue weighted by atomic mass is 19.1. The molecule has 1 N–H and O–H groups in total. The molecular weight excluding hydrogens is 351 g/mol. The maximum absolute atomic E-state index is 14.5. The molecule has 0 amide bonds. The number of anilines is 1. The Balaban J connectivity index is 2.25. The topological polar surface area (TPSA) is 97.6 Å². The van der Waals surface area contributed by atoms with Crippen molar-refractivity contribution >= 4 is 5.82 Å². The van der Waals surface area contributed by atoms with E-state index in [0.29, 0.717) is 5.82 Å². The summed E-state index contributed by atoms with van der Waals surface area (Å²) in [5.74, 6) is -0.0238. The molecule has 0 aliphatic rings. The highest BCUT2D eigenvalue weighted by Gasteiger charge is 2.25. The second-order valence-electron chi connectivity index (χ2n) is 6.04. The Kier molecular flexibility index (Phi) is 4.64. The molecule has 3 rings (SSSR count). The van der Waals surface area contributed by atoms with Gasteiger partial charge in [-0.2, -0.15) is 5.26 Å². The van der Waals surface area contributed by atoms with Crippen molar-refractivity contribution in [3.63, 3.8) is 0 Å². The maximum Gasteiger partial charge on any atom is 0.332 e. The van der Waals surface area contributed by atoms with E-state index in [1.54, 1.807) is 42.2 Å². The van der Waals surface area contributed by atoms with Crippen LogP contribution in [0.5, 0.6) is 0 Å². The van der Waals surface area contributed by atoms with Gasteiger partial charge in [-0.3, -0.25) is 13.9 Å². The Hall–Kier alpha value is -3.67. The Morgan fingerprint density at radius 3 is 2.48 bits per heavy atom. The normalized spacial score (nSPS) is 11.8. The lowest BCUT2D eigenvalue weighted by atomic mass is 10.0. The predicted octanol–water partition coefficient (Wildman–Crippen LogP) is 1.03. The van der Waals surface area contributed by atoms with Crippen LogP contribution in [-0.4, -0.2) is 18.7 Å². The summed E-state index contributed by atoms with van der Waals surface area (Å²) < 4.78 is 18.2. The third-order valence-corrected chi connectivity index (χ3v) is 4.39. The van der Waals surface area contributed by atoms with Crippen molar-refractivity contribution in [1.82, 2.24) is 18.7 Å². The van der Waals surface area contributed by atoms with Crippen LogP contribution in [0.1, 0.15) is 23.0 Å². The van der Waals surface area contributed by atoms with Gasteiger partial charge < -0.3 is 9.88 Å². The SMILES string of the molecule is Cn1ccnc1[C@H](Nc1c(C#N)c(=O)n(C)c(=O)n1C)c1ccccc1F. The van der Waals surface area contributed by atoms with E-state index in [1.807, 2.05) is 6.07 Å². The van der Waals surface area contributed by atoms with E-state index in [2.05, 4.69) is 10.3 Å². The van der Waals surface area contributed by atoms with Gasteiger partial charge in [0.1, 0.15) is 29.6 Å². The first-order valence-electron chi connectivity index (χ1n) is 8.05. The lowest BCUT2D eigenvalue weighted by Crippen LogP contribution is -2.40. The minimum Gasteiger partial charge on any atom is -0.356 e. The van der Waals surface area contributed by atoms with E-state index in [9.17, 15) is 19.2 Å². The summed E-state index contributed by atoms with van der Waals surface area (Å²) in [4.78, 5) is 28.9. The first-order valence-corrected chi connectivity index (χ1v) is 8.05. The van der Waals surface area contributed by atoms with E-state index < -0.39 is 23.1 Å². The molecule has 2 aromatic heterocycles. The van der Waals surface area contributed by atoms with E-state index in [4.69, 9.17) is 0 Å². The van der Waals surface area contributed by atoms with Crippen molar-refractivity contribution in [2.75, 3.05) is 5.32 Å². The van der Waals surface area contributed by atoms with E-state index in [1.165, 1.54) is 20.2 Å². The monoisotopic (exact) mass is 368 g/mol. The molecule has 0 unspecified atom stereocenters. The Labute approximate surface area is 153 Å². The second kappa shape index (κ2) is 6.92. The summed E-state index contributed by atoms with van der Waals surface area (Å²) in [6, 6.07) is 7.12. The Morgan fingerprint density at radius 2 is 1.89 bits per heavy atom. The largest absolute Gasteiger partial charge is 0.356 e. The number of benzene rings is 1. The highest BCUT2D eigenvalue weighted by Crippen LogP contribution is 2.27. The molecule has 0 aliphatic carbocycles. The number of aryl methyl sites for hydroxylation is 1. The van der Waals surface area contributed by atoms with Gasteiger partial charge in [0, 0.05) is 39.1 Å². The van der Waals surface area contributed by atoms with Crippen LogP contribution in [0.3, 0.4) is 0 Å². The zero-order valence-electron chi connectivity index (χ0n) is 15.0. The summed E-state index contributed by atoms with van der Waals surface area (Å²) in [6.45, 7) is 0. The first kappa shape index (κ1) is 18.1. The average molecular weight is 368 g/mol. The minimum atomic E-state index is -0.823. The van der Waals surface area contributed by atoms with Gasteiger partial charge in [0.05, 0.1) is 0 Å². The summed E-state index contributed by atoms with van der Waals surface area (Å²) in [5, 5.41) is 12.4. The fourth-order valence-electron chi connectivity index (χ4n) is 2.90. The third kappa shape index (κ3) is 3.01. The third-order valence-electron chi connectivity index (χ3n) is 4.39. The van der Waals surface area contributed by atoms with Gasteiger partial charge in [-0.1, -0.05) is 18.2 Å². The van der Waals surface area contributed by atoms with Crippen LogP contribution in [0, 0.1) is 17.1 Å². The molecule has 1 aromatic carbocycles. The molecule has 1 atom stereocenters. The molecule has 0 spiro atoms. The fourth-order valence-corrected chi connectivity index (χ4v) is 2.90. The van der Waals surface area contributed by atoms with E-state index in [0.717, 1.165) is 9.13 Å². The number of halogens is 1. The lowest BCUT2D eigenvalue weighted by Gasteiger charge is -2.23. The van der Waals surface area contributed by atoms with Crippen molar-refractivity contribution in [3.05, 3.63) is 80.3 Å². The molecule has 0 saturated heterocycles. The number of nitrogens with one attached hydrogen (secondary N) is 1. The van der Waals surface area contributed by atoms with Crippen LogP contribution in [0.2, 0.25) is 0 Å². The standard InChI is InChI=1S/C18H17FN6O2/c1-23-9-8-21-16(23)14(11-6-4-5-7-13(11)19)22-15-12(10-20)17(26)25(3)18(27)24(15)2/h4-9,14,22H,1-3H3/t14-/m1/s1. The van der Waals surface area contributed by atoms with Gasteiger partial charge in [0.25, 0.3) is 5.56 Å². The van der Waals surface area contributed by atoms with Gasteiger partial charge in [0.15, 0.2) is 5.56 Å².